The molecule has 0 saturated carbocycles. The molecule has 178 valence electrons. The number of hydrogen-bond donors (Lipinski definition) is 3. The summed E-state index contributed by atoms with van der Waals surface area (Å²) in [6, 6.07) is 20.5. The number of aromatic nitrogens is 3. The molecule has 0 aliphatic rings. The molecule has 0 spiro atoms. The van der Waals surface area contributed by atoms with E-state index in [1.54, 1.807) is 41.9 Å². The third-order valence-electron chi connectivity index (χ3n) is 5.15. The number of nitrogens with one attached hydrogen (secondary N) is 2. The van der Waals surface area contributed by atoms with Crippen molar-refractivity contribution >= 4 is 27.3 Å². The lowest BCUT2D eigenvalue weighted by Crippen LogP contribution is -2.32. The molecule has 12 heteroatoms. The van der Waals surface area contributed by atoms with Crippen LogP contribution in [0, 0.1) is 11.3 Å². The number of sulfonamides is 1. The van der Waals surface area contributed by atoms with Gasteiger partial charge in [0, 0.05) is 11.3 Å². The number of rotatable bonds is 9. The highest BCUT2D eigenvalue weighted by atomic mass is 32.2. The molecular weight excluding hydrogens is 488 g/mol. The van der Waals surface area contributed by atoms with Crippen LogP contribution >= 0.6 is 11.3 Å². The molecule has 0 bridgehead atoms. The lowest BCUT2D eigenvalue weighted by atomic mass is 10.0. The Hall–Kier alpha value is -3.89. The Labute approximate surface area is 205 Å². The van der Waals surface area contributed by atoms with Gasteiger partial charge in [-0.1, -0.05) is 47.7 Å². The molecule has 4 rings (SSSR count). The fraction of sp³-hybridized carbons (Fsp3) is 0.130. The van der Waals surface area contributed by atoms with Gasteiger partial charge in [0.05, 0.1) is 30.1 Å². The first-order chi connectivity index (χ1) is 16.9. The van der Waals surface area contributed by atoms with E-state index in [4.69, 9.17) is 10.5 Å². The summed E-state index contributed by atoms with van der Waals surface area (Å²) in [6.07, 6.45) is 1.61. The van der Waals surface area contributed by atoms with Gasteiger partial charge in [0.15, 0.2) is 0 Å². The summed E-state index contributed by atoms with van der Waals surface area (Å²) in [6.45, 7) is -0.134. The number of hydrogen-bond acceptors (Lipinski definition) is 8. The molecule has 0 radical (unpaired) electrons. The van der Waals surface area contributed by atoms with Gasteiger partial charge in [-0.05, 0) is 35.4 Å². The molecule has 0 saturated heterocycles. The molecule has 0 aliphatic heterocycles. The van der Waals surface area contributed by atoms with Gasteiger partial charge in [0.2, 0.25) is 10.0 Å². The second-order valence-corrected chi connectivity index (χ2v) is 10.6. The molecule has 2 aromatic carbocycles. The number of thiophene rings is 1. The summed E-state index contributed by atoms with van der Waals surface area (Å²) in [7, 11) is -3.79. The minimum Gasteiger partial charge on any atom is -0.289 e. The van der Waals surface area contributed by atoms with Gasteiger partial charge in [0.1, 0.15) is 10.3 Å². The molecule has 2 aromatic heterocycles. The van der Waals surface area contributed by atoms with Crippen LogP contribution in [0.1, 0.15) is 22.9 Å². The van der Waals surface area contributed by atoms with E-state index >= 15 is 0 Å². The lowest BCUT2D eigenvalue weighted by molar-refractivity contribution is -0.133. The quantitative estimate of drug-likeness (QED) is 0.232. The summed E-state index contributed by atoms with van der Waals surface area (Å²) in [5, 5.41) is 26.0. The Kier molecular flexibility index (Phi) is 7.33. The molecule has 3 N–H and O–H groups in total. The first kappa shape index (κ1) is 24.2. The highest BCUT2D eigenvalue weighted by molar-refractivity contribution is 7.91. The minimum absolute atomic E-state index is 0.134. The van der Waals surface area contributed by atoms with E-state index in [1.807, 2.05) is 36.4 Å². The average molecular weight is 509 g/mol. The summed E-state index contributed by atoms with van der Waals surface area (Å²) >= 11 is 1.16. The van der Waals surface area contributed by atoms with E-state index < -0.39 is 22.0 Å². The number of nitrogens with zero attached hydrogens (tertiary/aromatic N) is 4. The Bertz CT molecular complexity index is 1460. The minimum atomic E-state index is -3.79. The highest BCUT2D eigenvalue weighted by Crippen LogP contribution is 2.30. The van der Waals surface area contributed by atoms with Crippen LogP contribution in [0.25, 0.3) is 10.4 Å². The van der Waals surface area contributed by atoms with Crippen LogP contribution in [0.2, 0.25) is 0 Å². The zero-order valence-corrected chi connectivity index (χ0v) is 19.8. The van der Waals surface area contributed by atoms with Crippen LogP contribution < -0.4 is 10.2 Å². The topological polar surface area (TPSA) is 150 Å². The normalized spacial score (nSPS) is 12.1. The smallest absolute Gasteiger partial charge is 0.268 e. The van der Waals surface area contributed by atoms with Crippen molar-refractivity contribution < 1.29 is 18.4 Å². The first-order valence-corrected chi connectivity index (χ1v) is 12.7. The Balaban J connectivity index is 1.45. The van der Waals surface area contributed by atoms with Crippen LogP contribution in [0.15, 0.2) is 77.1 Å². The standard InChI is InChI=1S/C23H20N6O4S2/c24-13-17-8-6-16(7-9-17)12-20(23(30)27-31)29-15-19(26-28-29)14-25-35(32,33)22-11-10-21(34-22)18-4-2-1-3-5-18/h1-11,15,20,25,31H,12,14H2,(H,27,30). The van der Waals surface area contributed by atoms with Gasteiger partial charge in [-0.15, -0.1) is 16.4 Å². The molecule has 4 aromatic rings. The van der Waals surface area contributed by atoms with E-state index in [-0.39, 0.29) is 17.2 Å². The summed E-state index contributed by atoms with van der Waals surface area (Å²) in [4.78, 5) is 13.1. The number of benzene rings is 2. The van der Waals surface area contributed by atoms with Crippen molar-refractivity contribution in [2.75, 3.05) is 0 Å². The molecular formula is C23H20N6O4S2. The van der Waals surface area contributed by atoms with Crippen molar-refractivity contribution in [1.82, 2.24) is 25.2 Å². The van der Waals surface area contributed by atoms with Crippen molar-refractivity contribution in [2.45, 2.75) is 23.2 Å². The first-order valence-electron chi connectivity index (χ1n) is 10.4. The van der Waals surface area contributed by atoms with Crippen LogP contribution in [-0.2, 0) is 27.8 Å². The summed E-state index contributed by atoms with van der Waals surface area (Å²) in [5.74, 6) is -0.710. The molecule has 35 heavy (non-hydrogen) atoms. The van der Waals surface area contributed by atoms with Crippen LogP contribution in [0.3, 0.4) is 0 Å². The Morgan fingerprint density at radius 3 is 2.54 bits per heavy atom. The fourth-order valence-electron chi connectivity index (χ4n) is 3.33. The second-order valence-electron chi connectivity index (χ2n) is 7.50. The predicted molar refractivity (Wildman–Crippen MR) is 128 cm³/mol. The van der Waals surface area contributed by atoms with Crippen molar-refractivity contribution in [2.24, 2.45) is 0 Å². The van der Waals surface area contributed by atoms with Gasteiger partial charge in [0.25, 0.3) is 5.91 Å². The van der Waals surface area contributed by atoms with E-state index in [0.717, 1.165) is 27.3 Å². The molecule has 2 heterocycles. The number of nitriles is 1. The van der Waals surface area contributed by atoms with Gasteiger partial charge in [-0.2, -0.15) is 5.26 Å². The third-order valence-corrected chi connectivity index (χ3v) is 8.18. The van der Waals surface area contributed by atoms with Crippen LogP contribution in [0.4, 0.5) is 0 Å². The lowest BCUT2D eigenvalue weighted by Gasteiger charge is -2.14. The second kappa shape index (κ2) is 10.6. The number of carbonyl (C=O) groups excluding carboxylic acids is 1. The van der Waals surface area contributed by atoms with Crippen molar-refractivity contribution in [3.63, 3.8) is 0 Å². The van der Waals surface area contributed by atoms with E-state index in [9.17, 15) is 13.2 Å². The van der Waals surface area contributed by atoms with Gasteiger partial charge in [-0.3, -0.25) is 10.0 Å². The number of hydroxylamine groups is 1. The SMILES string of the molecule is N#Cc1ccc(CC(C(=O)NO)n2cc(CNS(=O)(=O)c3ccc(-c4ccccc4)s3)nn2)cc1. The van der Waals surface area contributed by atoms with E-state index in [2.05, 4.69) is 15.0 Å². The summed E-state index contributed by atoms with van der Waals surface area (Å²) < 4.78 is 29.5. The fourth-order valence-corrected chi connectivity index (χ4v) is 5.68. The number of carbonyl (C=O) groups is 1. The highest BCUT2D eigenvalue weighted by Gasteiger charge is 2.23. The zero-order valence-electron chi connectivity index (χ0n) is 18.2. The molecule has 1 amide bonds. The molecule has 0 fully saturated rings. The Morgan fingerprint density at radius 2 is 1.86 bits per heavy atom. The maximum Gasteiger partial charge on any atom is 0.268 e. The van der Waals surface area contributed by atoms with Gasteiger partial charge in [-0.25, -0.2) is 23.3 Å². The van der Waals surface area contributed by atoms with E-state index in [1.165, 1.54) is 10.9 Å². The molecule has 0 aliphatic carbocycles. The molecule has 1 atom stereocenters. The summed E-state index contributed by atoms with van der Waals surface area (Å²) in [5.41, 5.74) is 4.06. The van der Waals surface area contributed by atoms with Crippen molar-refractivity contribution in [3.05, 3.63) is 89.7 Å². The largest absolute Gasteiger partial charge is 0.289 e. The number of amides is 1. The maximum absolute atomic E-state index is 12.8. The van der Waals surface area contributed by atoms with Crippen molar-refractivity contribution in [1.29, 1.82) is 5.26 Å². The van der Waals surface area contributed by atoms with Crippen molar-refractivity contribution in [3.8, 4) is 16.5 Å². The van der Waals surface area contributed by atoms with E-state index in [0.29, 0.717) is 11.3 Å². The predicted octanol–water partition coefficient (Wildman–Crippen LogP) is 2.65. The zero-order chi connectivity index (χ0) is 24.8. The maximum atomic E-state index is 12.8. The molecule has 1 unspecified atom stereocenters. The van der Waals surface area contributed by atoms with Gasteiger partial charge < -0.3 is 0 Å². The Morgan fingerprint density at radius 1 is 1.11 bits per heavy atom. The third kappa shape index (κ3) is 5.79. The monoisotopic (exact) mass is 508 g/mol. The van der Waals surface area contributed by atoms with Crippen LogP contribution in [0.5, 0.6) is 0 Å². The van der Waals surface area contributed by atoms with Gasteiger partial charge >= 0.3 is 0 Å². The molecule has 10 nitrogen and oxygen atoms in total. The van der Waals surface area contributed by atoms with Crippen LogP contribution in [-0.4, -0.2) is 34.5 Å². The average Bonchev–Trinajstić information content (AvgIpc) is 3.57.